The molecule has 124 valence electrons. The van der Waals surface area contributed by atoms with Crippen LogP contribution in [0.2, 0.25) is 0 Å². The molecule has 0 aliphatic heterocycles. The second-order valence-electron chi connectivity index (χ2n) is 4.61. The second-order valence-corrected chi connectivity index (χ2v) is 6.35. The number of carboxylic acids is 1. The molecule has 0 radical (unpaired) electrons. The van der Waals surface area contributed by atoms with E-state index in [-0.39, 0.29) is 10.6 Å². The zero-order valence-corrected chi connectivity index (χ0v) is 12.8. The summed E-state index contributed by atoms with van der Waals surface area (Å²) in [6.07, 6.45) is -0.351. The van der Waals surface area contributed by atoms with E-state index in [4.69, 9.17) is 9.84 Å². The highest BCUT2D eigenvalue weighted by molar-refractivity contribution is 7.89. The van der Waals surface area contributed by atoms with Crippen LogP contribution in [0.4, 0.5) is 4.39 Å². The highest BCUT2D eigenvalue weighted by atomic mass is 32.2. The van der Waals surface area contributed by atoms with Crippen molar-refractivity contribution in [1.82, 2.24) is 14.9 Å². The van der Waals surface area contributed by atoms with E-state index in [2.05, 4.69) is 14.9 Å². The van der Waals surface area contributed by atoms with E-state index >= 15 is 0 Å². The van der Waals surface area contributed by atoms with Crippen LogP contribution in [0.15, 0.2) is 35.4 Å². The zero-order valence-electron chi connectivity index (χ0n) is 12.0. The standard InChI is InChI=1S/C13H14FN3O5S/c1-8-12(7-15-17-8)23(20,21)16-6-11(13(18)19)22-10-4-2-9(14)3-5-10/h2-5,7,11,16H,6H2,1H3,(H,15,17)(H,18,19). The van der Waals surface area contributed by atoms with Crippen LogP contribution in [-0.4, -0.2) is 42.3 Å². The van der Waals surface area contributed by atoms with E-state index in [9.17, 15) is 17.6 Å². The van der Waals surface area contributed by atoms with Crippen LogP contribution in [0.1, 0.15) is 5.69 Å². The van der Waals surface area contributed by atoms with Crippen molar-refractivity contribution in [3.8, 4) is 5.75 Å². The van der Waals surface area contributed by atoms with Gasteiger partial charge in [0.15, 0.2) is 0 Å². The largest absolute Gasteiger partial charge is 0.478 e. The van der Waals surface area contributed by atoms with Crippen molar-refractivity contribution >= 4 is 16.0 Å². The van der Waals surface area contributed by atoms with Gasteiger partial charge >= 0.3 is 5.97 Å². The monoisotopic (exact) mass is 343 g/mol. The maximum Gasteiger partial charge on any atom is 0.346 e. The van der Waals surface area contributed by atoms with Gasteiger partial charge in [0, 0.05) is 0 Å². The summed E-state index contributed by atoms with van der Waals surface area (Å²) < 4.78 is 44.3. The number of rotatable bonds is 7. The highest BCUT2D eigenvalue weighted by Gasteiger charge is 2.25. The Morgan fingerprint density at radius 3 is 2.61 bits per heavy atom. The SMILES string of the molecule is Cc1[nH]ncc1S(=O)(=O)NCC(Oc1ccc(F)cc1)C(=O)O. The van der Waals surface area contributed by atoms with Gasteiger partial charge in [-0.15, -0.1) is 0 Å². The molecule has 10 heteroatoms. The Hall–Kier alpha value is -2.46. The van der Waals surface area contributed by atoms with E-state index in [1.165, 1.54) is 19.1 Å². The predicted octanol–water partition coefficient (Wildman–Crippen LogP) is 0.668. The third kappa shape index (κ3) is 4.27. The van der Waals surface area contributed by atoms with Crippen molar-refractivity contribution in [2.45, 2.75) is 17.9 Å². The van der Waals surface area contributed by atoms with Crippen molar-refractivity contribution < 1.29 is 27.4 Å². The molecule has 0 fully saturated rings. The number of nitrogens with one attached hydrogen (secondary N) is 2. The number of aliphatic carboxylic acids is 1. The van der Waals surface area contributed by atoms with Crippen LogP contribution in [-0.2, 0) is 14.8 Å². The third-order valence-electron chi connectivity index (χ3n) is 2.90. The van der Waals surface area contributed by atoms with Gasteiger partial charge in [0.05, 0.1) is 18.4 Å². The molecule has 0 saturated heterocycles. The molecule has 23 heavy (non-hydrogen) atoms. The van der Waals surface area contributed by atoms with Gasteiger partial charge < -0.3 is 9.84 Å². The lowest BCUT2D eigenvalue weighted by Gasteiger charge is -2.15. The van der Waals surface area contributed by atoms with E-state index < -0.39 is 34.5 Å². The van der Waals surface area contributed by atoms with Gasteiger partial charge in [-0.25, -0.2) is 22.3 Å². The quantitative estimate of drug-likeness (QED) is 0.679. The van der Waals surface area contributed by atoms with E-state index in [0.29, 0.717) is 5.69 Å². The van der Waals surface area contributed by atoms with Gasteiger partial charge in [-0.05, 0) is 31.2 Å². The molecule has 1 aromatic carbocycles. The van der Waals surface area contributed by atoms with Gasteiger partial charge in [0.1, 0.15) is 16.5 Å². The number of nitrogens with zero attached hydrogens (tertiary/aromatic N) is 1. The first-order valence-corrected chi connectivity index (χ1v) is 7.92. The molecule has 1 aromatic heterocycles. The molecule has 0 saturated carbocycles. The summed E-state index contributed by atoms with van der Waals surface area (Å²) in [6, 6.07) is 4.71. The summed E-state index contributed by atoms with van der Waals surface area (Å²) >= 11 is 0. The van der Waals surface area contributed by atoms with Gasteiger partial charge in [-0.3, -0.25) is 5.10 Å². The number of hydrogen-bond acceptors (Lipinski definition) is 5. The maximum atomic E-state index is 12.8. The minimum Gasteiger partial charge on any atom is -0.478 e. The van der Waals surface area contributed by atoms with Crippen LogP contribution in [0.3, 0.4) is 0 Å². The maximum absolute atomic E-state index is 12.8. The molecule has 1 heterocycles. The smallest absolute Gasteiger partial charge is 0.346 e. The van der Waals surface area contributed by atoms with E-state index in [0.717, 1.165) is 18.3 Å². The molecule has 0 aliphatic carbocycles. The average molecular weight is 343 g/mol. The van der Waals surface area contributed by atoms with Crippen LogP contribution in [0, 0.1) is 12.7 Å². The summed E-state index contributed by atoms with van der Waals surface area (Å²) in [5.74, 6) is -1.75. The normalized spacial score (nSPS) is 12.8. The second kappa shape index (κ2) is 6.75. The van der Waals surface area contributed by atoms with Crippen LogP contribution in [0.25, 0.3) is 0 Å². The fraction of sp³-hybridized carbons (Fsp3) is 0.231. The Labute approximate surface area is 131 Å². The highest BCUT2D eigenvalue weighted by Crippen LogP contribution is 2.14. The van der Waals surface area contributed by atoms with E-state index in [1.54, 1.807) is 0 Å². The molecule has 0 bridgehead atoms. The Morgan fingerprint density at radius 1 is 1.43 bits per heavy atom. The molecule has 2 rings (SSSR count). The van der Waals surface area contributed by atoms with Gasteiger partial charge in [-0.2, -0.15) is 5.10 Å². The van der Waals surface area contributed by atoms with Crippen molar-refractivity contribution in [1.29, 1.82) is 0 Å². The lowest BCUT2D eigenvalue weighted by molar-refractivity contribution is -0.144. The molecule has 2 aromatic rings. The molecular weight excluding hydrogens is 329 g/mol. The number of halogens is 1. The number of aryl methyl sites for hydroxylation is 1. The van der Waals surface area contributed by atoms with Gasteiger partial charge in [-0.1, -0.05) is 0 Å². The van der Waals surface area contributed by atoms with Crippen molar-refractivity contribution in [3.05, 3.63) is 42.0 Å². The Morgan fingerprint density at radius 2 is 2.09 bits per heavy atom. The number of ether oxygens (including phenoxy) is 1. The lowest BCUT2D eigenvalue weighted by atomic mass is 10.3. The van der Waals surface area contributed by atoms with Gasteiger partial charge in [0.25, 0.3) is 0 Å². The number of H-pyrrole nitrogens is 1. The Balaban J connectivity index is 2.07. The van der Waals surface area contributed by atoms with Crippen molar-refractivity contribution in [2.75, 3.05) is 6.54 Å². The minimum atomic E-state index is -3.92. The zero-order chi connectivity index (χ0) is 17.0. The summed E-state index contributed by atoms with van der Waals surface area (Å²) in [4.78, 5) is 11.1. The summed E-state index contributed by atoms with van der Waals surface area (Å²) in [6.45, 7) is 1.02. The number of aromatic amines is 1. The molecular formula is C13H14FN3O5S. The van der Waals surface area contributed by atoms with Crippen LogP contribution < -0.4 is 9.46 Å². The first kappa shape index (κ1) is 16.9. The van der Waals surface area contributed by atoms with E-state index in [1.807, 2.05) is 0 Å². The number of sulfonamides is 1. The molecule has 1 unspecified atom stereocenters. The molecule has 8 nitrogen and oxygen atoms in total. The molecule has 0 spiro atoms. The lowest BCUT2D eigenvalue weighted by Crippen LogP contribution is -2.40. The summed E-state index contributed by atoms with van der Waals surface area (Å²) in [5, 5.41) is 15.2. The number of carbonyl (C=O) groups is 1. The number of benzene rings is 1. The number of carboxylic acid groups (broad SMARTS) is 1. The first-order valence-electron chi connectivity index (χ1n) is 6.44. The summed E-state index contributed by atoms with van der Waals surface area (Å²) in [5.41, 5.74) is 0.323. The minimum absolute atomic E-state index is 0.0802. The Kier molecular flexibility index (Phi) is 4.96. The topological polar surface area (TPSA) is 121 Å². The number of aromatic nitrogens is 2. The van der Waals surface area contributed by atoms with Crippen molar-refractivity contribution in [2.24, 2.45) is 0 Å². The summed E-state index contributed by atoms with van der Waals surface area (Å²) in [7, 11) is -3.92. The van der Waals surface area contributed by atoms with Crippen molar-refractivity contribution in [3.63, 3.8) is 0 Å². The molecule has 3 N–H and O–H groups in total. The van der Waals surface area contributed by atoms with Crippen LogP contribution in [0.5, 0.6) is 5.75 Å². The first-order chi connectivity index (χ1) is 10.8. The third-order valence-corrected chi connectivity index (χ3v) is 4.44. The van der Waals surface area contributed by atoms with Gasteiger partial charge in [0.2, 0.25) is 16.1 Å². The molecule has 0 aliphatic rings. The predicted molar refractivity (Wildman–Crippen MR) is 77.0 cm³/mol. The fourth-order valence-corrected chi connectivity index (χ4v) is 2.90. The number of hydrogen-bond donors (Lipinski definition) is 3. The molecule has 1 atom stereocenters. The Bertz CT molecular complexity index is 788. The average Bonchev–Trinajstić information content (AvgIpc) is 2.92. The fourth-order valence-electron chi connectivity index (χ4n) is 1.73. The molecule has 0 amide bonds. The van der Waals surface area contributed by atoms with Crippen LogP contribution >= 0.6 is 0 Å².